The zero-order chi connectivity index (χ0) is 19.3. The number of nitrogens with zero attached hydrogens (tertiary/aromatic N) is 2. The number of carbonyl (C=O) groups is 3. The zero-order valence-corrected chi connectivity index (χ0v) is 15.3. The molecule has 0 radical (unpaired) electrons. The van der Waals surface area contributed by atoms with Crippen molar-refractivity contribution >= 4 is 29.2 Å². The molecule has 1 aromatic carbocycles. The Morgan fingerprint density at radius 3 is 2.56 bits per heavy atom. The summed E-state index contributed by atoms with van der Waals surface area (Å²) in [5.74, 6) is 0.0212. The van der Waals surface area contributed by atoms with E-state index in [1.54, 1.807) is 12.1 Å². The summed E-state index contributed by atoms with van der Waals surface area (Å²) in [5, 5.41) is 2.61. The molecule has 2 amide bonds. The number of anilines is 2. The van der Waals surface area contributed by atoms with E-state index in [2.05, 4.69) is 12.2 Å². The molecule has 1 aliphatic carbocycles. The summed E-state index contributed by atoms with van der Waals surface area (Å²) in [6, 6.07) is 4.66. The Labute approximate surface area is 156 Å². The van der Waals surface area contributed by atoms with Crippen LogP contribution in [0.4, 0.5) is 20.6 Å². The standard InChI is InChI=1S/C19H22FN3O4/c1-10-14-8-22(9-15(10)18(14)25)17-4-3-12(5-16(17)20)23-7-13(27-19(23)26)6-21-11(2)24/h3-5,10,13-15H,6-9H2,1-2H3,(H,21,24)/t10?,13-,14?,15?/m0/s1. The van der Waals surface area contributed by atoms with Crippen LogP contribution in [-0.4, -0.2) is 50.1 Å². The van der Waals surface area contributed by atoms with Crippen molar-refractivity contribution in [3.63, 3.8) is 0 Å². The van der Waals surface area contributed by atoms with E-state index in [9.17, 15) is 18.8 Å². The summed E-state index contributed by atoms with van der Waals surface area (Å²) in [6.45, 7) is 5.01. The third-order valence-corrected chi connectivity index (χ3v) is 5.87. The van der Waals surface area contributed by atoms with Crippen LogP contribution in [0.25, 0.3) is 0 Å². The van der Waals surface area contributed by atoms with Crippen molar-refractivity contribution in [1.29, 1.82) is 0 Å². The predicted octanol–water partition coefficient (Wildman–Crippen LogP) is 1.56. The van der Waals surface area contributed by atoms with E-state index >= 15 is 0 Å². The van der Waals surface area contributed by atoms with Crippen LogP contribution in [0.5, 0.6) is 0 Å². The molecule has 0 spiro atoms. The Hall–Kier alpha value is -2.64. The van der Waals surface area contributed by atoms with Crippen LogP contribution < -0.4 is 15.1 Å². The van der Waals surface area contributed by atoms with Crippen LogP contribution in [0, 0.1) is 23.6 Å². The van der Waals surface area contributed by atoms with Crippen LogP contribution in [0.2, 0.25) is 0 Å². The van der Waals surface area contributed by atoms with Gasteiger partial charge < -0.3 is 15.0 Å². The largest absolute Gasteiger partial charge is 0.442 e. The van der Waals surface area contributed by atoms with Crippen LogP contribution in [0.15, 0.2) is 18.2 Å². The first kappa shape index (κ1) is 17.8. The molecule has 3 heterocycles. The first-order valence-corrected chi connectivity index (χ1v) is 9.16. The second-order valence-corrected chi connectivity index (χ2v) is 7.57. The third kappa shape index (κ3) is 3.02. The Kier molecular flexibility index (Phi) is 4.28. The molecule has 3 atom stereocenters. The monoisotopic (exact) mass is 375 g/mol. The number of amides is 2. The Bertz CT molecular complexity index is 798. The van der Waals surface area contributed by atoms with Crippen molar-refractivity contribution in [2.45, 2.75) is 20.0 Å². The maximum absolute atomic E-state index is 14.7. The maximum Gasteiger partial charge on any atom is 0.414 e. The highest BCUT2D eigenvalue weighted by Crippen LogP contribution is 2.43. The number of piperidine rings is 2. The number of carbonyl (C=O) groups excluding carboxylic acids is 3. The molecular weight excluding hydrogens is 353 g/mol. The summed E-state index contributed by atoms with van der Waals surface area (Å²) >= 11 is 0. The fraction of sp³-hybridized carbons (Fsp3) is 0.526. The van der Waals surface area contributed by atoms with E-state index < -0.39 is 18.0 Å². The van der Waals surface area contributed by atoms with Crippen LogP contribution >= 0.6 is 0 Å². The van der Waals surface area contributed by atoms with Crippen LogP contribution in [0.3, 0.4) is 0 Å². The summed E-state index contributed by atoms with van der Waals surface area (Å²) < 4.78 is 20.0. The summed E-state index contributed by atoms with van der Waals surface area (Å²) in [4.78, 5) is 38.2. The number of hydrogen-bond acceptors (Lipinski definition) is 5. The van der Waals surface area contributed by atoms with E-state index in [-0.39, 0.29) is 30.8 Å². The molecule has 4 aliphatic rings. The lowest BCUT2D eigenvalue weighted by Crippen LogP contribution is -2.61. The highest BCUT2D eigenvalue weighted by Gasteiger charge is 2.52. The normalized spacial score (nSPS) is 29.4. The van der Waals surface area contributed by atoms with Gasteiger partial charge in [-0.05, 0) is 24.1 Å². The number of ether oxygens (including phenoxy) is 1. The van der Waals surface area contributed by atoms with Crippen molar-refractivity contribution in [3.05, 3.63) is 24.0 Å². The lowest BCUT2D eigenvalue weighted by Gasteiger charge is -2.51. The first-order chi connectivity index (χ1) is 12.8. The van der Waals surface area contributed by atoms with Gasteiger partial charge in [0.15, 0.2) is 0 Å². The number of halogens is 1. The second-order valence-electron chi connectivity index (χ2n) is 7.57. The van der Waals surface area contributed by atoms with Gasteiger partial charge in [0.05, 0.1) is 24.5 Å². The van der Waals surface area contributed by atoms with Gasteiger partial charge in [-0.25, -0.2) is 9.18 Å². The minimum Gasteiger partial charge on any atom is -0.442 e. The predicted molar refractivity (Wildman–Crippen MR) is 96.1 cm³/mol. The molecule has 5 rings (SSSR count). The quantitative estimate of drug-likeness (QED) is 0.864. The molecule has 2 bridgehead atoms. The number of hydrogen-bond donors (Lipinski definition) is 1. The second kappa shape index (κ2) is 6.51. The van der Waals surface area contributed by atoms with Gasteiger partial charge in [0.2, 0.25) is 5.91 Å². The molecule has 0 aromatic heterocycles. The Morgan fingerprint density at radius 2 is 1.96 bits per heavy atom. The van der Waals surface area contributed by atoms with E-state index in [1.165, 1.54) is 17.9 Å². The number of rotatable bonds is 4. The van der Waals surface area contributed by atoms with E-state index in [1.807, 2.05) is 4.90 Å². The van der Waals surface area contributed by atoms with Crippen molar-refractivity contribution < 1.29 is 23.5 Å². The van der Waals surface area contributed by atoms with Crippen molar-refractivity contribution in [2.24, 2.45) is 17.8 Å². The Morgan fingerprint density at radius 1 is 1.26 bits per heavy atom. The molecular formula is C19H22FN3O4. The molecule has 1 aromatic rings. The molecule has 27 heavy (non-hydrogen) atoms. The summed E-state index contributed by atoms with van der Waals surface area (Å²) in [7, 11) is 0. The van der Waals surface area contributed by atoms with Crippen molar-refractivity contribution in [3.8, 4) is 0 Å². The molecule has 144 valence electrons. The number of cyclic esters (lactones) is 1. The zero-order valence-electron chi connectivity index (χ0n) is 15.3. The molecule has 7 nitrogen and oxygen atoms in total. The highest BCUT2D eigenvalue weighted by molar-refractivity contribution is 5.93. The van der Waals surface area contributed by atoms with Gasteiger partial charge >= 0.3 is 6.09 Å². The number of nitrogens with one attached hydrogen (secondary N) is 1. The Balaban J connectivity index is 1.45. The summed E-state index contributed by atoms with van der Waals surface area (Å²) in [5.41, 5.74) is 0.869. The molecule has 2 unspecified atom stereocenters. The lowest BCUT2D eigenvalue weighted by atomic mass is 9.61. The smallest absolute Gasteiger partial charge is 0.414 e. The van der Waals surface area contributed by atoms with Crippen LogP contribution in [-0.2, 0) is 14.3 Å². The molecule has 3 aliphatic heterocycles. The number of fused-ring (bicyclic) bond motifs is 2. The SMILES string of the molecule is CC(=O)NC[C@H]1CN(c2ccc(N3CC4C(=O)C(C3)C4C)c(F)c2)C(=O)O1. The average Bonchev–Trinajstić information content (AvgIpc) is 3.02. The fourth-order valence-corrected chi connectivity index (χ4v) is 4.23. The topological polar surface area (TPSA) is 79.0 Å². The average molecular weight is 375 g/mol. The molecule has 4 fully saturated rings. The summed E-state index contributed by atoms with van der Waals surface area (Å²) in [6.07, 6.45) is -1.03. The molecule has 1 saturated carbocycles. The van der Waals surface area contributed by atoms with Crippen molar-refractivity contribution in [1.82, 2.24) is 5.32 Å². The number of benzene rings is 1. The van der Waals surface area contributed by atoms with Gasteiger partial charge in [-0.1, -0.05) is 6.92 Å². The third-order valence-electron chi connectivity index (χ3n) is 5.87. The van der Waals surface area contributed by atoms with Gasteiger partial charge in [-0.15, -0.1) is 0 Å². The highest BCUT2D eigenvalue weighted by atomic mass is 19.1. The van der Waals surface area contributed by atoms with Crippen molar-refractivity contribution in [2.75, 3.05) is 36.0 Å². The van der Waals surface area contributed by atoms with Gasteiger partial charge in [-0.3, -0.25) is 14.5 Å². The minimum absolute atomic E-state index is 0.00841. The van der Waals surface area contributed by atoms with Crippen LogP contribution in [0.1, 0.15) is 13.8 Å². The lowest BCUT2D eigenvalue weighted by molar-refractivity contribution is -0.143. The maximum atomic E-state index is 14.7. The number of Topliss-reactive ketones (excluding diaryl/α,β-unsaturated/α-hetero) is 1. The van der Waals surface area contributed by atoms with Gasteiger partial charge in [0.25, 0.3) is 0 Å². The van der Waals surface area contributed by atoms with E-state index in [0.717, 1.165) is 0 Å². The molecule has 1 N–H and O–H groups in total. The fourth-order valence-electron chi connectivity index (χ4n) is 4.23. The number of ketones is 1. The van der Waals surface area contributed by atoms with Gasteiger partial charge in [0.1, 0.15) is 17.7 Å². The van der Waals surface area contributed by atoms with Gasteiger partial charge in [0, 0.05) is 31.8 Å². The molecule has 3 saturated heterocycles. The minimum atomic E-state index is -0.559. The van der Waals surface area contributed by atoms with E-state index in [4.69, 9.17) is 4.74 Å². The molecule has 8 heteroatoms. The van der Waals surface area contributed by atoms with Gasteiger partial charge in [-0.2, -0.15) is 0 Å². The van der Waals surface area contributed by atoms with E-state index in [0.29, 0.717) is 36.2 Å². The first-order valence-electron chi connectivity index (χ1n) is 9.16.